The van der Waals surface area contributed by atoms with Gasteiger partial charge in [0.25, 0.3) is 5.56 Å². The van der Waals surface area contributed by atoms with Crippen LogP contribution >= 0.6 is 0 Å². The van der Waals surface area contributed by atoms with E-state index in [4.69, 9.17) is 0 Å². The van der Waals surface area contributed by atoms with E-state index in [1.54, 1.807) is 16.8 Å². The first kappa shape index (κ1) is 21.2. The molecule has 0 spiro atoms. The zero-order valence-electron chi connectivity index (χ0n) is 17.6. The quantitative estimate of drug-likeness (QED) is 0.601. The number of nitrogens with one attached hydrogen (secondary N) is 1. The van der Waals surface area contributed by atoms with Crippen LogP contribution in [0.2, 0.25) is 0 Å². The van der Waals surface area contributed by atoms with Crippen molar-refractivity contribution >= 4 is 16.9 Å². The Hall–Kier alpha value is -3.03. The van der Waals surface area contributed by atoms with Crippen molar-refractivity contribution in [2.24, 2.45) is 5.92 Å². The molecule has 7 nitrogen and oxygen atoms in total. The summed E-state index contributed by atoms with van der Waals surface area (Å²) in [5, 5.41) is 7.64. The first-order chi connectivity index (χ1) is 15.1. The molecule has 0 saturated heterocycles. The molecule has 0 atom stereocenters. The SMILES string of the molecule is O=C(CCC1CCCCC1)NCCn1ncc2c(=O)n(Cc3ccc(F)cc3)cnc21. The molecule has 2 heterocycles. The van der Waals surface area contributed by atoms with Crippen molar-refractivity contribution in [3.63, 3.8) is 0 Å². The van der Waals surface area contributed by atoms with E-state index in [0.29, 0.717) is 43.0 Å². The minimum absolute atomic E-state index is 0.0663. The molecule has 3 aromatic rings. The zero-order chi connectivity index (χ0) is 21.6. The van der Waals surface area contributed by atoms with Crippen LogP contribution in [0.5, 0.6) is 0 Å². The van der Waals surface area contributed by atoms with Gasteiger partial charge in [-0.2, -0.15) is 5.10 Å². The summed E-state index contributed by atoms with van der Waals surface area (Å²) in [6, 6.07) is 6.03. The largest absolute Gasteiger partial charge is 0.354 e. The first-order valence-corrected chi connectivity index (χ1v) is 11.0. The molecule has 1 aliphatic carbocycles. The number of rotatable bonds is 8. The Kier molecular flexibility index (Phi) is 6.74. The highest BCUT2D eigenvalue weighted by Crippen LogP contribution is 2.27. The third-order valence-electron chi connectivity index (χ3n) is 6.04. The predicted molar refractivity (Wildman–Crippen MR) is 116 cm³/mol. The van der Waals surface area contributed by atoms with E-state index >= 15 is 0 Å². The van der Waals surface area contributed by atoms with Gasteiger partial charge in [0.2, 0.25) is 5.91 Å². The lowest BCUT2D eigenvalue weighted by atomic mass is 9.86. The van der Waals surface area contributed by atoms with E-state index < -0.39 is 0 Å². The summed E-state index contributed by atoms with van der Waals surface area (Å²) in [7, 11) is 0. The van der Waals surface area contributed by atoms with Crippen molar-refractivity contribution in [3.05, 3.63) is 58.5 Å². The number of carbonyl (C=O) groups is 1. The van der Waals surface area contributed by atoms with Gasteiger partial charge in [0.15, 0.2) is 5.65 Å². The van der Waals surface area contributed by atoms with Crippen molar-refractivity contribution in [2.75, 3.05) is 6.54 Å². The van der Waals surface area contributed by atoms with Crippen molar-refractivity contribution in [1.29, 1.82) is 0 Å². The number of aromatic nitrogens is 4. The average Bonchev–Trinajstić information content (AvgIpc) is 3.20. The lowest BCUT2D eigenvalue weighted by Gasteiger charge is -2.20. The molecule has 0 aliphatic heterocycles. The molecule has 1 aromatic carbocycles. The number of hydrogen-bond donors (Lipinski definition) is 1. The topological polar surface area (TPSA) is 81.8 Å². The molecule has 4 rings (SSSR count). The van der Waals surface area contributed by atoms with Gasteiger partial charge in [0, 0.05) is 13.0 Å². The summed E-state index contributed by atoms with van der Waals surface area (Å²) in [6.07, 6.45) is 10.9. The Bertz CT molecular complexity index is 1080. The van der Waals surface area contributed by atoms with Crippen LogP contribution in [0.4, 0.5) is 4.39 Å². The molecule has 0 radical (unpaired) electrons. The average molecular weight is 426 g/mol. The predicted octanol–water partition coefficient (Wildman–Crippen LogP) is 3.26. The fourth-order valence-corrected chi connectivity index (χ4v) is 4.26. The molecule has 8 heteroatoms. The van der Waals surface area contributed by atoms with Gasteiger partial charge in [-0.25, -0.2) is 14.1 Å². The summed E-state index contributed by atoms with van der Waals surface area (Å²) in [5.41, 5.74) is 1.11. The molecular formula is C23H28FN5O2. The first-order valence-electron chi connectivity index (χ1n) is 11.0. The molecular weight excluding hydrogens is 397 g/mol. The van der Waals surface area contributed by atoms with Gasteiger partial charge in [0.1, 0.15) is 17.5 Å². The molecule has 1 amide bonds. The maximum absolute atomic E-state index is 13.1. The molecule has 1 fully saturated rings. The molecule has 0 unspecified atom stereocenters. The van der Waals surface area contributed by atoms with Crippen molar-refractivity contribution in [2.45, 2.75) is 58.0 Å². The van der Waals surface area contributed by atoms with Crippen LogP contribution in [0.3, 0.4) is 0 Å². The smallest absolute Gasteiger partial charge is 0.264 e. The molecule has 1 aliphatic rings. The van der Waals surface area contributed by atoms with Crippen LogP contribution in [0, 0.1) is 11.7 Å². The highest BCUT2D eigenvalue weighted by atomic mass is 19.1. The third kappa shape index (κ3) is 5.37. The standard InChI is InChI=1S/C23H28FN5O2/c24-19-9-6-18(7-10-19)15-28-16-26-22-20(23(28)31)14-27-29(22)13-12-25-21(30)11-8-17-4-2-1-3-5-17/h6-7,9-10,14,16-17H,1-5,8,11-13,15H2,(H,25,30). The molecule has 1 saturated carbocycles. The highest BCUT2D eigenvalue weighted by Gasteiger charge is 2.15. The van der Waals surface area contributed by atoms with Crippen LogP contribution in [0.1, 0.15) is 50.5 Å². The van der Waals surface area contributed by atoms with E-state index in [1.165, 1.54) is 61.3 Å². The number of fused-ring (bicyclic) bond motifs is 1. The summed E-state index contributed by atoms with van der Waals surface area (Å²) in [6.45, 7) is 1.21. The minimum Gasteiger partial charge on any atom is -0.354 e. The summed E-state index contributed by atoms with van der Waals surface area (Å²) in [5.74, 6) is 0.444. The Morgan fingerprint density at radius 1 is 1.16 bits per heavy atom. The number of amides is 1. The second kappa shape index (κ2) is 9.85. The Morgan fingerprint density at radius 3 is 2.71 bits per heavy atom. The van der Waals surface area contributed by atoms with Crippen molar-refractivity contribution < 1.29 is 9.18 Å². The molecule has 0 bridgehead atoms. The van der Waals surface area contributed by atoms with E-state index in [2.05, 4.69) is 15.4 Å². The normalized spacial score (nSPS) is 14.7. The van der Waals surface area contributed by atoms with Crippen LogP contribution in [0.25, 0.3) is 11.0 Å². The zero-order valence-corrected chi connectivity index (χ0v) is 17.6. The van der Waals surface area contributed by atoms with Gasteiger partial charge in [0.05, 0.1) is 19.3 Å². The number of hydrogen-bond acceptors (Lipinski definition) is 4. The summed E-state index contributed by atoms with van der Waals surface area (Å²) >= 11 is 0. The van der Waals surface area contributed by atoms with Crippen molar-refractivity contribution in [1.82, 2.24) is 24.6 Å². The van der Waals surface area contributed by atoms with E-state index in [-0.39, 0.29) is 17.3 Å². The minimum atomic E-state index is -0.313. The van der Waals surface area contributed by atoms with Gasteiger partial charge in [-0.15, -0.1) is 0 Å². The van der Waals surface area contributed by atoms with Crippen molar-refractivity contribution in [3.8, 4) is 0 Å². The third-order valence-corrected chi connectivity index (χ3v) is 6.04. The Morgan fingerprint density at radius 2 is 1.94 bits per heavy atom. The van der Waals surface area contributed by atoms with Gasteiger partial charge < -0.3 is 5.32 Å². The van der Waals surface area contributed by atoms with E-state index in [1.807, 2.05) is 0 Å². The van der Waals surface area contributed by atoms with Gasteiger partial charge in [-0.05, 0) is 30.0 Å². The lowest BCUT2D eigenvalue weighted by Crippen LogP contribution is -2.28. The monoisotopic (exact) mass is 425 g/mol. The molecule has 164 valence electrons. The molecule has 1 N–H and O–H groups in total. The van der Waals surface area contributed by atoms with Crippen LogP contribution in [-0.4, -0.2) is 31.8 Å². The Balaban J connectivity index is 1.32. The van der Waals surface area contributed by atoms with Crippen LogP contribution < -0.4 is 10.9 Å². The molecule has 2 aromatic heterocycles. The van der Waals surface area contributed by atoms with Crippen LogP contribution in [-0.2, 0) is 17.9 Å². The van der Waals surface area contributed by atoms with Gasteiger partial charge in [-0.1, -0.05) is 44.2 Å². The van der Waals surface area contributed by atoms with Crippen LogP contribution in [0.15, 0.2) is 41.6 Å². The number of nitrogens with zero attached hydrogens (tertiary/aromatic N) is 4. The van der Waals surface area contributed by atoms with Gasteiger partial charge in [-0.3, -0.25) is 14.2 Å². The molecule has 31 heavy (non-hydrogen) atoms. The Labute approximate surface area is 180 Å². The summed E-state index contributed by atoms with van der Waals surface area (Å²) in [4.78, 5) is 29.3. The maximum Gasteiger partial charge on any atom is 0.264 e. The highest BCUT2D eigenvalue weighted by molar-refractivity contribution is 5.76. The number of benzene rings is 1. The fraction of sp³-hybridized carbons (Fsp3) is 0.478. The maximum atomic E-state index is 13.1. The summed E-state index contributed by atoms with van der Waals surface area (Å²) < 4.78 is 16.2. The lowest BCUT2D eigenvalue weighted by molar-refractivity contribution is -0.121. The second-order valence-electron chi connectivity index (χ2n) is 8.30. The fourth-order valence-electron chi connectivity index (χ4n) is 4.26. The van der Waals surface area contributed by atoms with E-state index in [9.17, 15) is 14.0 Å². The van der Waals surface area contributed by atoms with Gasteiger partial charge >= 0.3 is 0 Å². The van der Waals surface area contributed by atoms with E-state index in [0.717, 1.165) is 12.0 Å². The number of carbonyl (C=O) groups excluding carboxylic acids is 1. The number of halogens is 1. The second-order valence-corrected chi connectivity index (χ2v) is 8.30.